The Kier molecular flexibility index (Phi) is 6.48. The molecule has 1 aliphatic heterocycles. The minimum atomic E-state index is -1.38. The van der Waals surface area contributed by atoms with Gasteiger partial charge in [-0.1, -0.05) is 29.5 Å². The average Bonchev–Trinajstić information content (AvgIpc) is 3.21. The number of hydrogen-bond donors (Lipinski definition) is 2. The molecular weight excluding hydrogens is 507 g/mol. The lowest BCUT2D eigenvalue weighted by Crippen LogP contribution is -2.48. The topological polar surface area (TPSA) is 119 Å². The lowest BCUT2D eigenvalue weighted by Gasteiger charge is -2.36. The number of esters is 3. The zero-order valence-electron chi connectivity index (χ0n) is 18.0. The van der Waals surface area contributed by atoms with Gasteiger partial charge in [-0.2, -0.15) is 0 Å². The molecule has 170 valence electrons. The van der Waals surface area contributed by atoms with Gasteiger partial charge in [-0.3, -0.25) is 14.4 Å². The molecule has 0 spiro atoms. The van der Waals surface area contributed by atoms with E-state index in [0.29, 0.717) is 12.8 Å². The minimum Gasteiger partial charge on any atom is -0.459 e. The summed E-state index contributed by atoms with van der Waals surface area (Å²) in [6.07, 6.45) is -0.939. The summed E-state index contributed by atoms with van der Waals surface area (Å²) in [5.41, 5.74) is -2.54. The highest BCUT2D eigenvalue weighted by molar-refractivity contribution is 14.1. The summed E-state index contributed by atoms with van der Waals surface area (Å²) in [5.74, 6) is -3.41. The molecule has 2 saturated carbocycles. The average molecular weight is 538 g/mol. The molecule has 8 nitrogen and oxygen atoms in total. The van der Waals surface area contributed by atoms with E-state index in [-0.39, 0.29) is 28.2 Å². The van der Waals surface area contributed by atoms with Gasteiger partial charge in [-0.15, -0.1) is 0 Å². The third kappa shape index (κ3) is 4.48. The van der Waals surface area contributed by atoms with Crippen molar-refractivity contribution in [3.05, 3.63) is 0 Å². The summed E-state index contributed by atoms with van der Waals surface area (Å²) in [6, 6.07) is 0. The molecule has 8 atom stereocenters. The standard InChI is InChI=1S/C21H31IO8/c1-6-11(22)17(23)29-15-9-7-10-14(19(25)30-16(10)15)13(9)18(24)28-12(21(4,5)27)8-20(2,3)26/h9-16,26-27H,6-8H2,1-5H3. The van der Waals surface area contributed by atoms with Crippen molar-refractivity contribution in [1.82, 2.24) is 0 Å². The number of fused-ring (bicyclic) bond motifs is 1. The van der Waals surface area contributed by atoms with Crippen LogP contribution < -0.4 is 0 Å². The molecule has 2 bridgehead atoms. The summed E-state index contributed by atoms with van der Waals surface area (Å²) in [4.78, 5) is 38.0. The maximum absolute atomic E-state index is 13.2. The third-order valence-corrected chi connectivity index (χ3v) is 7.81. The van der Waals surface area contributed by atoms with E-state index in [2.05, 4.69) is 0 Å². The maximum atomic E-state index is 13.2. The lowest BCUT2D eigenvalue weighted by atomic mass is 9.78. The lowest BCUT2D eigenvalue weighted by molar-refractivity contribution is -0.180. The van der Waals surface area contributed by atoms with Crippen molar-refractivity contribution in [1.29, 1.82) is 0 Å². The van der Waals surface area contributed by atoms with Crippen LogP contribution in [0.2, 0.25) is 0 Å². The smallest absolute Gasteiger partial charge is 0.319 e. The van der Waals surface area contributed by atoms with Crippen molar-refractivity contribution in [3.63, 3.8) is 0 Å². The highest BCUT2D eigenvalue weighted by Gasteiger charge is 2.70. The first-order chi connectivity index (χ1) is 13.7. The zero-order valence-corrected chi connectivity index (χ0v) is 20.1. The molecular formula is C21H31IO8. The molecule has 0 radical (unpaired) electrons. The molecule has 3 aliphatic rings. The second-order valence-electron chi connectivity index (χ2n) is 9.89. The van der Waals surface area contributed by atoms with Gasteiger partial charge in [0.1, 0.15) is 22.2 Å². The molecule has 1 saturated heterocycles. The number of carbonyl (C=O) groups is 3. The molecule has 0 aromatic carbocycles. The second kappa shape index (κ2) is 8.20. The van der Waals surface area contributed by atoms with E-state index in [1.165, 1.54) is 13.8 Å². The molecule has 3 fully saturated rings. The number of carbonyl (C=O) groups excluding carboxylic acids is 3. The summed E-state index contributed by atoms with van der Waals surface area (Å²) in [7, 11) is 0. The molecule has 8 unspecified atom stereocenters. The summed E-state index contributed by atoms with van der Waals surface area (Å²) >= 11 is 2.01. The Labute approximate surface area is 190 Å². The quantitative estimate of drug-likeness (QED) is 0.208. The van der Waals surface area contributed by atoms with Crippen LogP contribution in [0.5, 0.6) is 0 Å². The van der Waals surface area contributed by atoms with Gasteiger partial charge in [0, 0.05) is 18.3 Å². The molecule has 2 aliphatic carbocycles. The molecule has 9 heteroatoms. The van der Waals surface area contributed by atoms with Crippen LogP contribution in [0.25, 0.3) is 0 Å². The van der Waals surface area contributed by atoms with Crippen LogP contribution in [0.3, 0.4) is 0 Å². The number of aliphatic hydroxyl groups is 2. The van der Waals surface area contributed by atoms with Crippen LogP contribution >= 0.6 is 22.6 Å². The molecule has 2 N–H and O–H groups in total. The molecule has 30 heavy (non-hydrogen) atoms. The van der Waals surface area contributed by atoms with Crippen molar-refractivity contribution in [3.8, 4) is 0 Å². The van der Waals surface area contributed by atoms with Crippen molar-refractivity contribution < 1.29 is 38.8 Å². The van der Waals surface area contributed by atoms with Gasteiger partial charge in [-0.25, -0.2) is 0 Å². The Balaban J connectivity index is 1.80. The predicted octanol–water partition coefficient (Wildman–Crippen LogP) is 1.76. The minimum absolute atomic E-state index is 0.0340. The van der Waals surface area contributed by atoms with Gasteiger partial charge in [0.25, 0.3) is 0 Å². The van der Waals surface area contributed by atoms with Crippen LogP contribution in [-0.2, 0) is 28.6 Å². The number of hydrogen-bond acceptors (Lipinski definition) is 8. The van der Waals surface area contributed by atoms with Gasteiger partial charge in [0.05, 0.1) is 23.0 Å². The highest BCUT2D eigenvalue weighted by Crippen LogP contribution is 2.59. The second-order valence-corrected chi connectivity index (χ2v) is 11.4. The zero-order chi connectivity index (χ0) is 22.6. The largest absolute Gasteiger partial charge is 0.459 e. The Morgan fingerprint density at radius 1 is 1.23 bits per heavy atom. The normalized spacial score (nSPS) is 34.5. The van der Waals surface area contributed by atoms with Crippen molar-refractivity contribution in [2.24, 2.45) is 23.7 Å². The maximum Gasteiger partial charge on any atom is 0.319 e. The van der Waals surface area contributed by atoms with E-state index in [4.69, 9.17) is 14.2 Å². The number of rotatable bonds is 8. The van der Waals surface area contributed by atoms with Crippen molar-refractivity contribution in [2.75, 3.05) is 0 Å². The van der Waals surface area contributed by atoms with Crippen molar-refractivity contribution >= 4 is 40.5 Å². The predicted molar refractivity (Wildman–Crippen MR) is 114 cm³/mol. The number of alkyl halides is 1. The first-order valence-corrected chi connectivity index (χ1v) is 11.7. The highest BCUT2D eigenvalue weighted by atomic mass is 127. The van der Waals surface area contributed by atoms with Gasteiger partial charge in [0.15, 0.2) is 0 Å². The van der Waals surface area contributed by atoms with E-state index < -0.39 is 53.3 Å². The van der Waals surface area contributed by atoms with Crippen LogP contribution in [-0.4, -0.2) is 61.6 Å². The Bertz CT molecular complexity index is 709. The number of halogens is 1. The van der Waals surface area contributed by atoms with Crippen LogP contribution in [0.1, 0.15) is 53.9 Å². The van der Waals surface area contributed by atoms with Gasteiger partial charge < -0.3 is 24.4 Å². The summed E-state index contributed by atoms with van der Waals surface area (Å²) in [6.45, 7) is 8.03. The molecule has 1 heterocycles. The fraction of sp³-hybridized carbons (Fsp3) is 0.857. The molecule has 3 rings (SSSR count). The molecule has 0 aromatic heterocycles. The Morgan fingerprint density at radius 2 is 1.87 bits per heavy atom. The summed E-state index contributed by atoms with van der Waals surface area (Å²) < 4.78 is 16.5. The van der Waals surface area contributed by atoms with E-state index in [0.717, 1.165) is 0 Å². The van der Waals surface area contributed by atoms with E-state index >= 15 is 0 Å². The van der Waals surface area contributed by atoms with Gasteiger partial charge in [0.2, 0.25) is 0 Å². The van der Waals surface area contributed by atoms with Gasteiger partial charge >= 0.3 is 17.9 Å². The van der Waals surface area contributed by atoms with E-state index in [1.54, 1.807) is 13.8 Å². The number of ether oxygens (including phenoxy) is 3. The fourth-order valence-electron chi connectivity index (χ4n) is 4.95. The van der Waals surface area contributed by atoms with Gasteiger partial charge in [-0.05, 0) is 40.5 Å². The Hall–Kier alpha value is -0.940. The SMILES string of the molecule is CCC(I)C(=O)OC1C2CC3C1OC(=O)C3C2C(=O)OC(CC(C)(C)O)C(C)(C)O. The van der Waals surface area contributed by atoms with E-state index in [1.807, 2.05) is 29.5 Å². The Morgan fingerprint density at radius 3 is 2.40 bits per heavy atom. The fourth-order valence-corrected chi connectivity index (χ4v) is 5.10. The molecule has 0 amide bonds. The molecule has 0 aromatic rings. The van der Waals surface area contributed by atoms with Crippen LogP contribution in [0.4, 0.5) is 0 Å². The first kappa shape index (κ1) is 23.7. The summed E-state index contributed by atoms with van der Waals surface area (Å²) in [5, 5.41) is 20.6. The first-order valence-electron chi connectivity index (χ1n) is 10.4. The van der Waals surface area contributed by atoms with E-state index in [9.17, 15) is 24.6 Å². The third-order valence-electron chi connectivity index (χ3n) is 6.42. The van der Waals surface area contributed by atoms with Crippen molar-refractivity contribution in [2.45, 2.75) is 87.3 Å². The monoisotopic (exact) mass is 538 g/mol. The van der Waals surface area contributed by atoms with Crippen LogP contribution in [0.15, 0.2) is 0 Å². The van der Waals surface area contributed by atoms with Crippen LogP contribution in [0, 0.1) is 23.7 Å².